The third-order valence-corrected chi connectivity index (χ3v) is 4.43. The van der Waals surface area contributed by atoms with Crippen LogP contribution >= 0.6 is 0 Å². The Kier molecular flexibility index (Phi) is 3.84. The molecule has 100 valence electrons. The summed E-state index contributed by atoms with van der Waals surface area (Å²) in [4.78, 5) is 0. The third-order valence-electron chi connectivity index (χ3n) is 4.43. The van der Waals surface area contributed by atoms with Crippen molar-refractivity contribution in [3.05, 3.63) is 23.3 Å². The highest BCUT2D eigenvalue weighted by Gasteiger charge is 2.25. The molecule has 1 aliphatic rings. The van der Waals surface area contributed by atoms with E-state index >= 15 is 0 Å². The summed E-state index contributed by atoms with van der Waals surface area (Å²) in [6.07, 6.45) is 3.88. The molecule has 0 aliphatic heterocycles. The SMILES string of the molecule is Cc1ccc(NC2CC(C)CCC2C)c(C)c1O. The summed E-state index contributed by atoms with van der Waals surface area (Å²) < 4.78 is 0. The second-order valence-electron chi connectivity index (χ2n) is 6.05. The van der Waals surface area contributed by atoms with Gasteiger partial charge in [0.15, 0.2) is 0 Å². The predicted molar refractivity (Wildman–Crippen MR) is 77.2 cm³/mol. The first-order valence-electron chi connectivity index (χ1n) is 7.04. The zero-order valence-corrected chi connectivity index (χ0v) is 12.0. The van der Waals surface area contributed by atoms with Crippen molar-refractivity contribution in [3.63, 3.8) is 0 Å². The van der Waals surface area contributed by atoms with Gasteiger partial charge >= 0.3 is 0 Å². The van der Waals surface area contributed by atoms with Gasteiger partial charge < -0.3 is 10.4 Å². The van der Waals surface area contributed by atoms with E-state index < -0.39 is 0 Å². The molecule has 2 rings (SSSR count). The molecule has 0 spiro atoms. The lowest BCUT2D eigenvalue weighted by Gasteiger charge is -2.34. The average molecular weight is 247 g/mol. The quantitative estimate of drug-likeness (QED) is 0.819. The predicted octanol–water partition coefficient (Wildman–Crippen LogP) is 4.25. The molecule has 2 N–H and O–H groups in total. The van der Waals surface area contributed by atoms with Gasteiger partial charge in [-0.15, -0.1) is 0 Å². The molecule has 2 heteroatoms. The van der Waals surface area contributed by atoms with E-state index in [-0.39, 0.29) is 0 Å². The van der Waals surface area contributed by atoms with Gasteiger partial charge in [0.05, 0.1) is 0 Å². The van der Waals surface area contributed by atoms with Crippen molar-refractivity contribution >= 4 is 5.69 Å². The summed E-state index contributed by atoms with van der Waals surface area (Å²) in [6, 6.07) is 4.62. The number of aromatic hydroxyl groups is 1. The van der Waals surface area contributed by atoms with Gasteiger partial charge in [-0.1, -0.05) is 26.3 Å². The zero-order valence-electron chi connectivity index (χ0n) is 12.0. The van der Waals surface area contributed by atoms with Crippen LogP contribution < -0.4 is 5.32 Å². The Morgan fingerprint density at radius 3 is 2.61 bits per heavy atom. The van der Waals surface area contributed by atoms with E-state index in [4.69, 9.17) is 0 Å². The number of phenolic OH excluding ortho intramolecular Hbond substituents is 1. The van der Waals surface area contributed by atoms with Crippen molar-refractivity contribution in [2.45, 2.75) is 53.0 Å². The smallest absolute Gasteiger partial charge is 0.123 e. The Balaban J connectivity index is 2.16. The normalized spacial score (nSPS) is 28.1. The van der Waals surface area contributed by atoms with Crippen LogP contribution in [-0.4, -0.2) is 11.1 Å². The minimum absolute atomic E-state index is 0.427. The maximum absolute atomic E-state index is 9.99. The highest BCUT2D eigenvalue weighted by Crippen LogP contribution is 2.34. The van der Waals surface area contributed by atoms with Crippen LogP contribution in [0.5, 0.6) is 5.75 Å². The molecule has 1 saturated carbocycles. The number of aryl methyl sites for hydroxylation is 1. The summed E-state index contributed by atoms with van der Waals surface area (Å²) in [5.41, 5.74) is 3.01. The Labute approximate surface area is 110 Å². The van der Waals surface area contributed by atoms with Gasteiger partial charge in [-0.3, -0.25) is 0 Å². The van der Waals surface area contributed by atoms with E-state index in [9.17, 15) is 5.11 Å². The molecule has 0 amide bonds. The summed E-state index contributed by atoms with van der Waals surface area (Å²) in [6.45, 7) is 8.59. The second kappa shape index (κ2) is 5.21. The van der Waals surface area contributed by atoms with Crippen LogP contribution in [-0.2, 0) is 0 Å². The minimum atomic E-state index is 0.427. The number of benzene rings is 1. The first kappa shape index (κ1) is 13.3. The second-order valence-corrected chi connectivity index (χ2v) is 6.05. The van der Waals surface area contributed by atoms with Gasteiger partial charge in [0.25, 0.3) is 0 Å². The van der Waals surface area contributed by atoms with Crippen LogP contribution in [0, 0.1) is 25.7 Å². The molecule has 0 aromatic heterocycles. The maximum Gasteiger partial charge on any atom is 0.123 e. The summed E-state index contributed by atoms with van der Waals surface area (Å²) >= 11 is 0. The number of rotatable bonds is 2. The monoisotopic (exact) mass is 247 g/mol. The molecule has 0 radical (unpaired) electrons. The van der Waals surface area contributed by atoms with Gasteiger partial charge in [0.2, 0.25) is 0 Å². The van der Waals surface area contributed by atoms with Crippen molar-refractivity contribution in [2.24, 2.45) is 11.8 Å². The van der Waals surface area contributed by atoms with Crippen LogP contribution in [0.25, 0.3) is 0 Å². The van der Waals surface area contributed by atoms with Crippen LogP contribution in [0.2, 0.25) is 0 Å². The molecular weight excluding hydrogens is 222 g/mol. The van der Waals surface area contributed by atoms with Gasteiger partial charge in [-0.2, -0.15) is 0 Å². The number of hydrogen-bond donors (Lipinski definition) is 2. The van der Waals surface area contributed by atoms with E-state index in [2.05, 4.69) is 25.2 Å². The van der Waals surface area contributed by atoms with Crippen LogP contribution in [0.3, 0.4) is 0 Å². The van der Waals surface area contributed by atoms with Crippen LogP contribution in [0.4, 0.5) is 5.69 Å². The maximum atomic E-state index is 9.99. The molecular formula is C16H25NO. The van der Waals surface area contributed by atoms with Crippen molar-refractivity contribution < 1.29 is 5.11 Å². The molecule has 0 heterocycles. The lowest BCUT2D eigenvalue weighted by molar-refractivity contribution is 0.280. The van der Waals surface area contributed by atoms with Gasteiger partial charge in [0.1, 0.15) is 5.75 Å². The average Bonchev–Trinajstić information content (AvgIpc) is 2.34. The van der Waals surface area contributed by atoms with Crippen molar-refractivity contribution in [1.82, 2.24) is 0 Å². The first-order valence-corrected chi connectivity index (χ1v) is 7.04. The molecule has 1 aromatic carbocycles. The largest absolute Gasteiger partial charge is 0.507 e. The summed E-state index contributed by atoms with van der Waals surface area (Å²) in [7, 11) is 0. The zero-order chi connectivity index (χ0) is 13.3. The molecule has 0 saturated heterocycles. The molecule has 3 atom stereocenters. The Hall–Kier alpha value is -1.18. The van der Waals surface area contributed by atoms with E-state index in [0.29, 0.717) is 17.7 Å². The molecule has 3 unspecified atom stereocenters. The highest BCUT2D eigenvalue weighted by atomic mass is 16.3. The number of hydrogen-bond acceptors (Lipinski definition) is 2. The lowest BCUT2D eigenvalue weighted by Crippen LogP contribution is -2.33. The van der Waals surface area contributed by atoms with E-state index in [1.807, 2.05) is 19.9 Å². The minimum Gasteiger partial charge on any atom is -0.507 e. The number of anilines is 1. The third kappa shape index (κ3) is 2.63. The van der Waals surface area contributed by atoms with E-state index in [1.165, 1.54) is 19.3 Å². The number of phenols is 1. The topological polar surface area (TPSA) is 32.3 Å². The molecule has 18 heavy (non-hydrogen) atoms. The molecule has 1 aromatic rings. The first-order chi connectivity index (χ1) is 8.49. The van der Waals surface area contributed by atoms with Gasteiger partial charge in [0, 0.05) is 17.3 Å². The van der Waals surface area contributed by atoms with Gasteiger partial charge in [-0.25, -0.2) is 0 Å². The van der Waals surface area contributed by atoms with Crippen LogP contribution in [0.15, 0.2) is 12.1 Å². The Bertz CT molecular complexity index is 427. The highest BCUT2D eigenvalue weighted by molar-refractivity contribution is 5.59. The lowest BCUT2D eigenvalue weighted by atomic mass is 9.80. The fourth-order valence-corrected chi connectivity index (χ4v) is 2.93. The summed E-state index contributed by atoms with van der Waals surface area (Å²) in [5.74, 6) is 1.94. The van der Waals surface area contributed by atoms with Crippen LogP contribution in [0.1, 0.15) is 44.2 Å². The standard InChI is InChI=1S/C16H25NO/c1-10-5-6-11(2)15(9-10)17-14-8-7-12(3)16(18)13(14)4/h7-8,10-11,15,17-18H,5-6,9H2,1-4H3. The summed E-state index contributed by atoms with van der Waals surface area (Å²) in [5, 5.41) is 13.6. The van der Waals surface area contributed by atoms with E-state index in [1.54, 1.807) is 0 Å². The van der Waals surface area contributed by atoms with E-state index in [0.717, 1.165) is 22.7 Å². The number of nitrogens with one attached hydrogen (secondary N) is 1. The molecule has 0 bridgehead atoms. The van der Waals surface area contributed by atoms with Crippen molar-refractivity contribution in [3.8, 4) is 5.75 Å². The molecule has 1 aliphatic carbocycles. The Morgan fingerprint density at radius 2 is 1.89 bits per heavy atom. The fraction of sp³-hybridized carbons (Fsp3) is 0.625. The van der Waals surface area contributed by atoms with Crippen molar-refractivity contribution in [1.29, 1.82) is 0 Å². The van der Waals surface area contributed by atoms with Gasteiger partial charge in [-0.05, 0) is 50.2 Å². The fourth-order valence-electron chi connectivity index (χ4n) is 2.93. The molecule has 1 fully saturated rings. The molecule has 2 nitrogen and oxygen atoms in total. The van der Waals surface area contributed by atoms with Crippen molar-refractivity contribution in [2.75, 3.05) is 5.32 Å². The Morgan fingerprint density at radius 1 is 1.17 bits per heavy atom.